The van der Waals surface area contributed by atoms with Gasteiger partial charge in [0.15, 0.2) is 0 Å². The summed E-state index contributed by atoms with van der Waals surface area (Å²) in [7, 11) is 2.00. The van der Waals surface area contributed by atoms with Gasteiger partial charge in [0.05, 0.1) is 11.2 Å². The number of carbonyl (C=O) groups is 3. The lowest BCUT2D eigenvalue weighted by Gasteiger charge is -2.33. The number of carbonyl (C=O) groups excluding carboxylic acids is 3. The predicted molar refractivity (Wildman–Crippen MR) is 85.5 cm³/mol. The van der Waals surface area contributed by atoms with Crippen LogP contribution in [-0.2, 0) is 9.59 Å². The van der Waals surface area contributed by atoms with Gasteiger partial charge in [0, 0.05) is 32.3 Å². The van der Waals surface area contributed by atoms with Gasteiger partial charge in [0.25, 0.3) is 11.1 Å². The average molecular weight is 335 g/mol. The van der Waals surface area contributed by atoms with Gasteiger partial charge in [-0.25, -0.2) is 0 Å². The summed E-state index contributed by atoms with van der Waals surface area (Å²) in [6.07, 6.45) is 3.01. The fraction of sp³-hybridized carbons (Fsp3) is 0.400. The van der Waals surface area contributed by atoms with Crippen LogP contribution in [0.3, 0.4) is 0 Å². The molecule has 0 spiro atoms. The first-order valence-electron chi connectivity index (χ1n) is 7.30. The normalized spacial score (nSPS) is 21.5. The van der Waals surface area contributed by atoms with E-state index in [9.17, 15) is 14.4 Å². The minimum Gasteiger partial charge on any atom is -0.465 e. The van der Waals surface area contributed by atoms with Crippen LogP contribution < -0.4 is 0 Å². The minimum absolute atomic E-state index is 0.195. The number of thioether (sulfide) groups is 1. The van der Waals surface area contributed by atoms with Crippen molar-refractivity contribution in [3.63, 3.8) is 0 Å². The molecule has 0 atom stereocenters. The smallest absolute Gasteiger partial charge is 0.294 e. The number of imide groups is 1. The molecule has 3 rings (SSSR count). The average Bonchev–Trinajstić information content (AvgIpc) is 3.12. The van der Waals surface area contributed by atoms with E-state index in [0.717, 1.165) is 29.8 Å². The number of nitrogens with zero attached hydrogens (tertiary/aromatic N) is 3. The molecule has 3 heterocycles. The predicted octanol–water partition coefficient (Wildman–Crippen LogP) is 1.09. The molecule has 0 bridgehead atoms. The van der Waals surface area contributed by atoms with Gasteiger partial charge < -0.3 is 14.2 Å². The molecule has 8 heteroatoms. The van der Waals surface area contributed by atoms with Crippen LogP contribution in [0.4, 0.5) is 4.79 Å². The molecule has 0 aromatic carbocycles. The van der Waals surface area contributed by atoms with Gasteiger partial charge in [-0.15, -0.1) is 0 Å². The Morgan fingerprint density at radius 1 is 1.30 bits per heavy atom. The molecular weight excluding hydrogens is 318 g/mol. The highest BCUT2D eigenvalue weighted by Crippen LogP contribution is 2.32. The van der Waals surface area contributed by atoms with Crippen molar-refractivity contribution in [1.82, 2.24) is 14.7 Å². The minimum atomic E-state index is -0.445. The molecule has 3 amide bonds. The zero-order chi connectivity index (χ0) is 16.4. The van der Waals surface area contributed by atoms with Crippen molar-refractivity contribution in [1.29, 1.82) is 0 Å². The van der Waals surface area contributed by atoms with E-state index >= 15 is 0 Å². The first-order valence-corrected chi connectivity index (χ1v) is 8.11. The SMILES string of the molecule is CN1CCN(C(=O)CN2C(=O)SC(=Cc3ccco3)C2=O)CC1. The second kappa shape index (κ2) is 6.59. The monoisotopic (exact) mass is 335 g/mol. The van der Waals surface area contributed by atoms with E-state index in [1.807, 2.05) is 7.05 Å². The molecule has 2 aliphatic heterocycles. The lowest BCUT2D eigenvalue weighted by atomic mass is 10.3. The second-order valence-electron chi connectivity index (χ2n) is 5.47. The van der Waals surface area contributed by atoms with Crippen molar-refractivity contribution < 1.29 is 18.8 Å². The third-order valence-electron chi connectivity index (χ3n) is 3.84. The van der Waals surface area contributed by atoms with E-state index in [2.05, 4.69) is 4.90 Å². The third-order valence-corrected chi connectivity index (χ3v) is 4.75. The summed E-state index contributed by atoms with van der Waals surface area (Å²) in [6.45, 7) is 2.63. The van der Waals surface area contributed by atoms with Gasteiger partial charge in [-0.05, 0) is 30.9 Å². The third kappa shape index (κ3) is 3.48. The number of hydrogen-bond donors (Lipinski definition) is 0. The molecule has 0 N–H and O–H groups in total. The summed E-state index contributed by atoms with van der Waals surface area (Å²) < 4.78 is 5.15. The number of furan rings is 1. The Morgan fingerprint density at radius 2 is 2.04 bits per heavy atom. The molecule has 23 heavy (non-hydrogen) atoms. The molecular formula is C15H17N3O4S. The molecule has 0 aliphatic carbocycles. The Kier molecular flexibility index (Phi) is 4.53. The van der Waals surface area contributed by atoms with Gasteiger partial charge in [0.2, 0.25) is 5.91 Å². The molecule has 0 unspecified atom stereocenters. The molecule has 2 fully saturated rings. The second-order valence-corrected chi connectivity index (χ2v) is 6.46. The maximum atomic E-state index is 12.3. The van der Waals surface area contributed by atoms with Crippen molar-refractivity contribution >= 4 is 34.9 Å². The van der Waals surface area contributed by atoms with Gasteiger partial charge >= 0.3 is 0 Å². The zero-order valence-electron chi connectivity index (χ0n) is 12.7. The standard InChI is InChI=1S/C15H17N3O4S/c1-16-4-6-17(7-5-16)13(19)10-18-14(20)12(23-15(18)21)9-11-3-2-8-22-11/h2-3,8-9H,4-7,10H2,1H3. The quantitative estimate of drug-likeness (QED) is 0.770. The summed E-state index contributed by atoms with van der Waals surface area (Å²) in [4.78, 5) is 41.7. The van der Waals surface area contributed by atoms with Crippen LogP contribution in [-0.4, -0.2) is 71.5 Å². The van der Waals surface area contributed by atoms with Crippen LogP contribution in [0, 0.1) is 0 Å². The largest absolute Gasteiger partial charge is 0.465 e. The Labute approximate surface area is 137 Å². The topological polar surface area (TPSA) is 74.1 Å². The molecule has 122 valence electrons. The maximum Gasteiger partial charge on any atom is 0.294 e. The van der Waals surface area contributed by atoms with E-state index < -0.39 is 11.1 Å². The molecule has 2 aliphatic rings. The van der Waals surface area contributed by atoms with Crippen molar-refractivity contribution in [3.05, 3.63) is 29.1 Å². The maximum absolute atomic E-state index is 12.3. The van der Waals surface area contributed by atoms with E-state index in [1.54, 1.807) is 17.0 Å². The molecule has 1 aromatic rings. The Morgan fingerprint density at radius 3 is 2.70 bits per heavy atom. The Hall–Kier alpha value is -2.06. The fourth-order valence-electron chi connectivity index (χ4n) is 2.43. The van der Waals surface area contributed by atoms with E-state index in [1.165, 1.54) is 12.3 Å². The lowest BCUT2D eigenvalue weighted by Crippen LogP contribution is -2.50. The highest BCUT2D eigenvalue weighted by atomic mass is 32.2. The highest BCUT2D eigenvalue weighted by molar-refractivity contribution is 8.18. The van der Waals surface area contributed by atoms with Crippen LogP contribution in [0.5, 0.6) is 0 Å². The number of likely N-dealkylation sites (N-methyl/N-ethyl adjacent to an activating group) is 1. The van der Waals surface area contributed by atoms with Crippen LogP contribution in [0.25, 0.3) is 6.08 Å². The lowest BCUT2D eigenvalue weighted by molar-refractivity contribution is -0.137. The fourth-order valence-corrected chi connectivity index (χ4v) is 3.25. The summed E-state index contributed by atoms with van der Waals surface area (Å²) in [5, 5.41) is -0.421. The Balaban J connectivity index is 1.65. The summed E-state index contributed by atoms with van der Waals surface area (Å²) in [6, 6.07) is 3.40. The zero-order valence-corrected chi connectivity index (χ0v) is 13.5. The van der Waals surface area contributed by atoms with Crippen molar-refractivity contribution in [2.45, 2.75) is 0 Å². The van der Waals surface area contributed by atoms with Crippen molar-refractivity contribution in [2.75, 3.05) is 39.8 Å². The molecule has 1 aromatic heterocycles. The number of amides is 3. The number of piperazine rings is 1. The van der Waals surface area contributed by atoms with Crippen LogP contribution in [0.1, 0.15) is 5.76 Å². The number of hydrogen-bond acceptors (Lipinski definition) is 6. The van der Waals surface area contributed by atoms with Gasteiger partial charge in [0.1, 0.15) is 12.3 Å². The highest BCUT2D eigenvalue weighted by Gasteiger charge is 2.37. The molecule has 7 nitrogen and oxygen atoms in total. The van der Waals surface area contributed by atoms with Crippen LogP contribution in [0.2, 0.25) is 0 Å². The molecule has 0 saturated carbocycles. The van der Waals surface area contributed by atoms with E-state index in [-0.39, 0.29) is 17.4 Å². The summed E-state index contributed by atoms with van der Waals surface area (Å²) in [5.74, 6) is -0.139. The van der Waals surface area contributed by atoms with Gasteiger partial charge in [-0.2, -0.15) is 0 Å². The van der Waals surface area contributed by atoms with Crippen LogP contribution >= 0.6 is 11.8 Å². The first-order chi connectivity index (χ1) is 11.0. The molecule has 0 radical (unpaired) electrons. The molecule has 2 saturated heterocycles. The van der Waals surface area contributed by atoms with Gasteiger partial charge in [-0.3, -0.25) is 19.3 Å². The van der Waals surface area contributed by atoms with Gasteiger partial charge in [-0.1, -0.05) is 0 Å². The van der Waals surface area contributed by atoms with E-state index in [0.29, 0.717) is 18.8 Å². The van der Waals surface area contributed by atoms with Crippen LogP contribution in [0.15, 0.2) is 27.7 Å². The number of rotatable bonds is 3. The summed E-state index contributed by atoms with van der Waals surface area (Å²) in [5.41, 5.74) is 0. The Bertz CT molecular complexity index is 648. The van der Waals surface area contributed by atoms with Crippen molar-refractivity contribution in [2.24, 2.45) is 0 Å². The van der Waals surface area contributed by atoms with Crippen molar-refractivity contribution in [3.8, 4) is 0 Å². The first kappa shape index (κ1) is 15.8. The van der Waals surface area contributed by atoms with E-state index in [4.69, 9.17) is 4.42 Å². The summed E-state index contributed by atoms with van der Waals surface area (Å²) >= 11 is 0.829.